The third kappa shape index (κ3) is 1.83. The lowest BCUT2D eigenvalue weighted by molar-refractivity contribution is 0.0970. The molecule has 2 aromatic carbocycles. The van der Waals surface area contributed by atoms with E-state index in [1.165, 1.54) is 14.2 Å². The molecule has 6 nitrogen and oxygen atoms in total. The summed E-state index contributed by atoms with van der Waals surface area (Å²) in [7, 11) is 2.90. The molecule has 122 valence electrons. The molecule has 1 heterocycles. The summed E-state index contributed by atoms with van der Waals surface area (Å²) in [5, 5.41) is 0. The van der Waals surface area contributed by atoms with Crippen LogP contribution >= 0.6 is 0 Å². The van der Waals surface area contributed by atoms with Gasteiger partial charge >= 0.3 is 0 Å². The predicted octanol–water partition coefficient (Wildman–Crippen LogP) is 2.25. The maximum absolute atomic E-state index is 13.0. The molecule has 0 radical (unpaired) electrons. The topological polar surface area (TPSA) is 71.1 Å². The van der Waals surface area contributed by atoms with Crippen molar-refractivity contribution in [3.05, 3.63) is 46.5 Å². The van der Waals surface area contributed by atoms with Crippen LogP contribution in [0.4, 0.5) is 0 Å². The smallest absolute Gasteiger partial charge is 0.204 e. The molecule has 1 aliphatic carbocycles. The van der Waals surface area contributed by atoms with Crippen molar-refractivity contribution in [1.82, 2.24) is 0 Å². The number of carbonyl (C=O) groups is 2. The number of carbonyl (C=O) groups excluding carboxylic acids is 2. The molecule has 2 aromatic rings. The number of hydrogen-bond donors (Lipinski definition) is 0. The summed E-state index contributed by atoms with van der Waals surface area (Å²) < 4.78 is 21.8. The fraction of sp³-hybridized carbons (Fsp3) is 0.222. The molecule has 24 heavy (non-hydrogen) atoms. The van der Waals surface area contributed by atoms with Crippen molar-refractivity contribution in [2.75, 3.05) is 27.4 Å². The first-order valence-corrected chi connectivity index (χ1v) is 7.44. The van der Waals surface area contributed by atoms with Gasteiger partial charge in [-0.2, -0.15) is 0 Å². The minimum absolute atomic E-state index is 0.201. The Bertz CT molecular complexity index is 882. The molecular weight excluding hydrogens is 312 g/mol. The van der Waals surface area contributed by atoms with Gasteiger partial charge in [-0.15, -0.1) is 0 Å². The van der Waals surface area contributed by atoms with E-state index in [2.05, 4.69) is 0 Å². The molecule has 2 aliphatic rings. The van der Waals surface area contributed by atoms with Crippen LogP contribution in [0.25, 0.3) is 0 Å². The van der Waals surface area contributed by atoms with Crippen molar-refractivity contribution >= 4 is 11.6 Å². The van der Waals surface area contributed by atoms with Gasteiger partial charge in [0, 0.05) is 11.1 Å². The Hall–Kier alpha value is -3.02. The first-order chi connectivity index (χ1) is 11.7. The summed E-state index contributed by atoms with van der Waals surface area (Å²) in [5.74, 6) is 0.755. The molecule has 0 bridgehead atoms. The van der Waals surface area contributed by atoms with E-state index in [0.29, 0.717) is 36.0 Å². The highest BCUT2D eigenvalue weighted by Gasteiger charge is 2.38. The van der Waals surface area contributed by atoms with Gasteiger partial charge in [-0.25, -0.2) is 0 Å². The molecule has 0 saturated heterocycles. The number of fused-ring (bicyclic) bond motifs is 3. The van der Waals surface area contributed by atoms with Gasteiger partial charge in [-0.05, 0) is 12.1 Å². The quantitative estimate of drug-likeness (QED) is 0.719. The van der Waals surface area contributed by atoms with Crippen LogP contribution in [0.3, 0.4) is 0 Å². The SMILES string of the molecule is COc1cccc2c1C(=O)c1cc3c(c(OC)c1C2=O)OCCO3. The number of ether oxygens (including phenoxy) is 4. The highest BCUT2D eigenvalue weighted by molar-refractivity contribution is 6.30. The first kappa shape index (κ1) is 14.6. The van der Waals surface area contributed by atoms with Crippen LogP contribution in [0.2, 0.25) is 0 Å². The second-order valence-electron chi connectivity index (χ2n) is 5.40. The van der Waals surface area contributed by atoms with Crippen LogP contribution in [0.5, 0.6) is 23.0 Å². The van der Waals surface area contributed by atoms with Gasteiger partial charge in [-0.3, -0.25) is 9.59 Å². The highest BCUT2D eigenvalue weighted by Crippen LogP contribution is 2.47. The average Bonchev–Trinajstić information content (AvgIpc) is 2.63. The zero-order chi connectivity index (χ0) is 16.8. The summed E-state index contributed by atoms with van der Waals surface area (Å²) in [6.07, 6.45) is 0. The third-order valence-corrected chi connectivity index (χ3v) is 4.18. The molecule has 0 aromatic heterocycles. The van der Waals surface area contributed by atoms with Gasteiger partial charge < -0.3 is 18.9 Å². The van der Waals surface area contributed by atoms with Crippen molar-refractivity contribution < 1.29 is 28.5 Å². The Labute approximate surface area is 137 Å². The van der Waals surface area contributed by atoms with E-state index in [-0.39, 0.29) is 34.0 Å². The van der Waals surface area contributed by atoms with Crippen LogP contribution in [0, 0.1) is 0 Å². The standard InChI is InChI=1S/C18H14O6/c1-21-11-5-3-4-9-13(11)16(20)10-8-12-17(24-7-6-23-12)18(22-2)14(10)15(9)19/h3-5,8H,6-7H2,1-2H3. The minimum Gasteiger partial charge on any atom is -0.496 e. The van der Waals surface area contributed by atoms with Crippen molar-refractivity contribution in [2.45, 2.75) is 0 Å². The Morgan fingerprint density at radius 3 is 2.42 bits per heavy atom. The number of methoxy groups -OCH3 is 2. The average molecular weight is 326 g/mol. The second-order valence-corrected chi connectivity index (χ2v) is 5.40. The van der Waals surface area contributed by atoms with Crippen LogP contribution in [-0.4, -0.2) is 39.0 Å². The Balaban J connectivity index is 2.03. The van der Waals surface area contributed by atoms with Gasteiger partial charge in [0.25, 0.3) is 0 Å². The number of hydrogen-bond acceptors (Lipinski definition) is 6. The summed E-state index contributed by atoms with van der Waals surface area (Å²) >= 11 is 0. The first-order valence-electron chi connectivity index (χ1n) is 7.44. The summed E-state index contributed by atoms with van der Waals surface area (Å²) in [6, 6.07) is 6.49. The van der Waals surface area contributed by atoms with Crippen LogP contribution in [0.1, 0.15) is 31.8 Å². The summed E-state index contributed by atoms with van der Waals surface area (Å²) in [4.78, 5) is 26.0. The molecule has 0 N–H and O–H groups in total. The van der Waals surface area contributed by atoms with Crippen molar-refractivity contribution in [3.63, 3.8) is 0 Å². The van der Waals surface area contributed by atoms with E-state index < -0.39 is 0 Å². The van der Waals surface area contributed by atoms with E-state index >= 15 is 0 Å². The fourth-order valence-corrected chi connectivity index (χ4v) is 3.15. The summed E-state index contributed by atoms with van der Waals surface area (Å²) in [5.41, 5.74) is 0.990. The van der Waals surface area contributed by atoms with Crippen molar-refractivity contribution in [2.24, 2.45) is 0 Å². The van der Waals surface area contributed by atoms with Crippen molar-refractivity contribution in [1.29, 1.82) is 0 Å². The van der Waals surface area contributed by atoms with E-state index in [1.807, 2.05) is 0 Å². The second kappa shape index (κ2) is 5.26. The van der Waals surface area contributed by atoms with Crippen LogP contribution in [-0.2, 0) is 0 Å². The Morgan fingerprint density at radius 1 is 0.917 bits per heavy atom. The summed E-state index contributed by atoms with van der Waals surface area (Å²) in [6.45, 7) is 0.728. The molecule has 0 saturated carbocycles. The molecule has 6 heteroatoms. The number of ketones is 2. The monoisotopic (exact) mass is 326 g/mol. The number of rotatable bonds is 2. The molecular formula is C18H14O6. The molecule has 0 unspecified atom stereocenters. The normalized spacial score (nSPS) is 14.8. The molecule has 0 atom stereocenters. The number of benzene rings is 2. The zero-order valence-electron chi connectivity index (χ0n) is 13.2. The Kier molecular flexibility index (Phi) is 3.19. The lowest BCUT2D eigenvalue weighted by Crippen LogP contribution is -2.25. The third-order valence-electron chi connectivity index (χ3n) is 4.18. The fourth-order valence-electron chi connectivity index (χ4n) is 3.15. The zero-order valence-corrected chi connectivity index (χ0v) is 13.2. The molecule has 0 amide bonds. The van der Waals surface area contributed by atoms with E-state index in [0.717, 1.165) is 0 Å². The molecule has 4 rings (SSSR count). The van der Waals surface area contributed by atoms with Gasteiger partial charge in [0.2, 0.25) is 5.75 Å². The lowest BCUT2D eigenvalue weighted by Gasteiger charge is -2.26. The molecule has 0 spiro atoms. The Morgan fingerprint density at radius 2 is 1.67 bits per heavy atom. The maximum Gasteiger partial charge on any atom is 0.204 e. The van der Waals surface area contributed by atoms with Gasteiger partial charge in [0.05, 0.1) is 25.3 Å². The highest BCUT2D eigenvalue weighted by atomic mass is 16.6. The minimum atomic E-state index is -0.299. The molecule has 0 fully saturated rings. The van der Waals surface area contributed by atoms with E-state index in [1.54, 1.807) is 24.3 Å². The van der Waals surface area contributed by atoms with Crippen molar-refractivity contribution in [3.8, 4) is 23.0 Å². The van der Waals surface area contributed by atoms with Crippen LogP contribution < -0.4 is 18.9 Å². The lowest BCUT2D eigenvalue weighted by atomic mass is 9.82. The van der Waals surface area contributed by atoms with Gasteiger partial charge in [-0.1, -0.05) is 12.1 Å². The molecule has 1 aliphatic heterocycles. The van der Waals surface area contributed by atoms with Gasteiger partial charge in [0.15, 0.2) is 23.1 Å². The van der Waals surface area contributed by atoms with Crippen LogP contribution in [0.15, 0.2) is 24.3 Å². The van der Waals surface area contributed by atoms with E-state index in [4.69, 9.17) is 18.9 Å². The maximum atomic E-state index is 13.0. The predicted molar refractivity (Wildman–Crippen MR) is 83.8 cm³/mol. The van der Waals surface area contributed by atoms with E-state index in [9.17, 15) is 9.59 Å². The largest absolute Gasteiger partial charge is 0.496 e. The van der Waals surface area contributed by atoms with Gasteiger partial charge in [0.1, 0.15) is 19.0 Å².